The second-order valence-corrected chi connectivity index (χ2v) is 5.51. The van der Waals surface area contributed by atoms with Crippen LogP contribution in [0.5, 0.6) is 0 Å². The molecular weight excluding hydrogens is 254 g/mol. The molecular formula is C15H23N3O2. The normalized spacial score (nSPS) is 22.3. The van der Waals surface area contributed by atoms with Crippen LogP contribution in [0.1, 0.15) is 43.6 Å². The molecule has 1 fully saturated rings. The number of carbonyl (C=O) groups excluding carboxylic acids is 1. The Morgan fingerprint density at radius 2 is 2.35 bits per heavy atom. The van der Waals surface area contributed by atoms with Crippen LogP contribution < -0.4 is 10.6 Å². The van der Waals surface area contributed by atoms with Gasteiger partial charge in [-0.15, -0.1) is 0 Å². The van der Waals surface area contributed by atoms with Gasteiger partial charge in [-0.1, -0.05) is 13.0 Å². The Morgan fingerprint density at radius 1 is 1.50 bits per heavy atom. The number of nitrogens with one attached hydrogen (secondary N) is 2. The van der Waals surface area contributed by atoms with Crippen LogP contribution in [0.25, 0.3) is 0 Å². The van der Waals surface area contributed by atoms with Crippen LogP contribution in [0, 0.1) is 0 Å². The number of hydrogen-bond acceptors (Lipinski definition) is 4. The fourth-order valence-corrected chi connectivity index (χ4v) is 2.28. The van der Waals surface area contributed by atoms with Gasteiger partial charge in [0.15, 0.2) is 0 Å². The lowest BCUT2D eigenvalue weighted by molar-refractivity contribution is 0.0271. The van der Waals surface area contributed by atoms with E-state index in [1.165, 1.54) is 0 Å². The van der Waals surface area contributed by atoms with Crippen molar-refractivity contribution in [3.8, 4) is 0 Å². The third-order valence-corrected chi connectivity index (χ3v) is 3.39. The third kappa shape index (κ3) is 3.93. The third-order valence-electron chi connectivity index (χ3n) is 3.39. The SMILES string of the molecule is CCCNc1cccc(C(=O)NC2(C)CCCOC2)n1. The first-order chi connectivity index (χ1) is 9.63. The van der Waals surface area contributed by atoms with Gasteiger partial charge < -0.3 is 15.4 Å². The number of nitrogens with zero attached hydrogens (tertiary/aromatic N) is 1. The minimum atomic E-state index is -0.288. The van der Waals surface area contributed by atoms with Crippen LogP contribution >= 0.6 is 0 Å². The molecule has 1 aliphatic heterocycles. The van der Waals surface area contributed by atoms with Gasteiger partial charge in [-0.25, -0.2) is 4.98 Å². The largest absolute Gasteiger partial charge is 0.379 e. The minimum absolute atomic E-state index is 0.141. The molecule has 5 nitrogen and oxygen atoms in total. The maximum atomic E-state index is 12.3. The van der Waals surface area contributed by atoms with Gasteiger partial charge in [-0.05, 0) is 38.3 Å². The van der Waals surface area contributed by atoms with Crippen molar-refractivity contribution in [1.82, 2.24) is 10.3 Å². The zero-order chi connectivity index (χ0) is 14.4. The predicted octanol–water partition coefficient (Wildman–Crippen LogP) is 2.20. The topological polar surface area (TPSA) is 63.2 Å². The molecule has 2 rings (SSSR count). The highest BCUT2D eigenvalue weighted by molar-refractivity contribution is 5.93. The highest BCUT2D eigenvalue weighted by Gasteiger charge is 2.29. The molecule has 1 saturated heterocycles. The molecule has 0 saturated carbocycles. The van der Waals surface area contributed by atoms with Gasteiger partial charge >= 0.3 is 0 Å². The Hall–Kier alpha value is -1.62. The number of anilines is 1. The highest BCUT2D eigenvalue weighted by Crippen LogP contribution is 2.19. The smallest absolute Gasteiger partial charge is 0.270 e. The summed E-state index contributed by atoms with van der Waals surface area (Å²) >= 11 is 0. The molecule has 0 bridgehead atoms. The summed E-state index contributed by atoms with van der Waals surface area (Å²) in [6, 6.07) is 5.46. The zero-order valence-electron chi connectivity index (χ0n) is 12.2. The van der Waals surface area contributed by atoms with E-state index >= 15 is 0 Å². The Labute approximate surface area is 120 Å². The van der Waals surface area contributed by atoms with E-state index in [0.29, 0.717) is 12.3 Å². The second-order valence-electron chi connectivity index (χ2n) is 5.51. The summed E-state index contributed by atoms with van der Waals surface area (Å²) in [5, 5.41) is 6.23. The minimum Gasteiger partial charge on any atom is -0.379 e. The molecule has 110 valence electrons. The van der Waals surface area contributed by atoms with E-state index < -0.39 is 0 Å². The van der Waals surface area contributed by atoms with Gasteiger partial charge in [-0.3, -0.25) is 4.79 Å². The molecule has 2 heterocycles. The summed E-state index contributed by atoms with van der Waals surface area (Å²) in [5.41, 5.74) is 0.155. The first kappa shape index (κ1) is 14.8. The number of rotatable bonds is 5. The van der Waals surface area contributed by atoms with Crippen molar-refractivity contribution in [2.24, 2.45) is 0 Å². The van der Waals surface area contributed by atoms with Gasteiger partial charge in [0.05, 0.1) is 12.1 Å². The number of carbonyl (C=O) groups is 1. The van der Waals surface area contributed by atoms with Crippen LogP contribution in [-0.4, -0.2) is 36.2 Å². The Balaban J connectivity index is 2.01. The van der Waals surface area contributed by atoms with E-state index in [1.54, 1.807) is 6.07 Å². The molecule has 1 aromatic heterocycles. The molecule has 1 amide bonds. The molecule has 1 unspecified atom stereocenters. The van der Waals surface area contributed by atoms with Crippen molar-refractivity contribution in [3.63, 3.8) is 0 Å². The van der Waals surface area contributed by atoms with E-state index in [4.69, 9.17) is 4.74 Å². The standard InChI is InChI=1S/C15H23N3O2/c1-3-9-16-13-7-4-6-12(17-13)14(19)18-15(2)8-5-10-20-11-15/h4,6-7H,3,5,8-11H2,1-2H3,(H,16,17)(H,18,19). The lowest BCUT2D eigenvalue weighted by atomic mass is 9.95. The average molecular weight is 277 g/mol. The van der Waals surface area contributed by atoms with Crippen LogP contribution in [-0.2, 0) is 4.74 Å². The summed E-state index contributed by atoms with van der Waals surface area (Å²) in [6.45, 7) is 6.30. The second kappa shape index (κ2) is 6.70. The molecule has 0 radical (unpaired) electrons. The van der Waals surface area contributed by atoms with Gasteiger partial charge in [0, 0.05) is 13.2 Å². The fraction of sp³-hybridized carbons (Fsp3) is 0.600. The molecule has 1 atom stereocenters. The van der Waals surface area contributed by atoms with Crippen LogP contribution in [0.4, 0.5) is 5.82 Å². The molecule has 0 aliphatic carbocycles. The van der Waals surface area contributed by atoms with E-state index in [9.17, 15) is 4.79 Å². The summed E-state index contributed by atoms with van der Waals surface area (Å²) in [6.07, 6.45) is 2.93. The Kier molecular flexibility index (Phi) is 4.95. The lowest BCUT2D eigenvalue weighted by Crippen LogP contribution is -2.51. The van der Waals surface area contributed by atoms with Gasteiger partial charge in [0.25, 0.3) is 5.91 Å². The van der Waals surface area contributed by atoms with E-state index in [2.05, 4.69) is 22.5 Å². The van der Waals surface area contributed by atoms with E-state index in [1.807, 2.05) is 19.1 Å². The first-order valence-corrected chi connectivity index (χ1v) is 7.24. The number of ether oxygens (including phenoxy) is 1. The van der Waals surface area contributed by atoms with Crippen molar-refractivity contribution in [2.45, 2.75) is 38.6 Å². The summed E-state index contributed by atoms with van der Waals surface area (Å²) < 4.78 is 5.45. The van der Waals surface area contributed by atoms with Crippen molar-refractivity contribution < 1.29 is 9.53 Å². The molecule has 5 heteroatoms. The quantitative estimate of drug-likeness (QED) is 0.866. The molecule has 20 heavy (non-hydrogen) atoms. The number of aromatic nitrogens is 1. The van der Waals surface area contributed by atoms with Crippen molar-refractivity contribution in [2.75, 3.05) is 25.1 Å². The monoisotopic (exact) mass is 277 g/mol. The van der Waals surface area contributed by atoms with Gasteiger partial charge in [0.1, 0.15) is 11.5 Å². The van der Waals surface area contributed by atoms with E-state index in [-0.39, 0.29) is 11.4 Å². The van der Waals surface area contributed by atoms with Crippen molar-refractivity contribution in [3.05, 3.63) is 23.9 Å². The van der Waals surface area contributed by atoms with E-state index in [0.717, 1.165) is 38.2 Å². The van der Waals surface area contributed by atoms with Crippen molar-refractivity contribution in [1.29, 1.82) is 0 Å². The van der Waals surface area contributed by atoms with Crippen LogP contribution in [0.2, 0.25) is 0 Å². The summed E-state index contributed by atoms with van der Waals surface area (Å²) in [7, 11) is 0. The predicted molar refractivity (Wildman–Crippen MR) is 78.9 cm³/mol. The first-order valence-electron chi connectivity index (χ1n) is 7.24. The number of hydrogen-bond donors (Lipinski definition) is 2. The van der Waals surface area contributed by atoms with Crippen LogP contribution in [0.15, 0.2) is 18.2 Å². The fourth-order valence-electron chi connectivity index (χ4n) is 2.28. The Bertz CT molecular complexity index is 456. The molecule has 1 aromatic rings. The van der Waals surface area contributed by atoms with Crippen LogP contribution in [0.3, 0.4) is 0 Å². The zero-order valence-corrected chi connectivity index (χ0v) is 12.2. The maximum Gasteiger partial charge on any atom is 0.270 e. The van der Waals surface area contributed by atoms with Gasteiger partial charge in [-0.2, -0.15) is 0 Å². The molecule has 1 aliphatic rings. The molecule has 2 N–H and O–H groups in total. The molecule has 0 aromatic carbocycles. The maximum absolute atomic E-state index is 12.3. The molecule has 0 spiro atoms. The van der Waals surface area contributed by atoms with Gasteiger partial charge in [0.2, 0.25) is 0 Å². The summed E-state index contributed by atoms with van der Waals surface area (Å²) in [5.74, 6) is 0.600. The average Bonchev–Trinajstić information content (AvgIpc) is 2.45. The number of pyridine rings is 1. The lowest BCUT2D eigenvalue weighted by Gasteiger charge is -2.34. The number of amides is 1. The van der Waals surface area contributed by atoms with Crippen molar-refractivity contribution >= 4 is 11.7 Å². The highest BCUT2D eigenvalue weighted by atomic mass is 16.5. The summed E-state index contributed by atoms with van der Waals surface area (Å²) in [4.78, 5) is 16.6. The Morgan fingerprint density at radius 3 is 3.05 bits per heavy atom.